The normalized spacial score (nSPS) is 21.9. The van der Waals surface area contributed by atoms with Crippen LogP contribution in [0.15, 0.2) is 18.2 Å². The Bertz CT molecular complexity index is 434. The van der Waals surface area contributed by atoms with E-state index >= 15 is 0 Å². The van der Waals surface area contributed by atoms with Gasteiger partial charge < -0.3 is 4.74 Å². The smallest absolute Gasteiger partial charge is 0.0909 e. The van der Waals surface area contributed by atoms with Gasteiger partial charge in [-0.15, -0.1) is 0 Å². The number of aryl methyl sites for hydroxylation is 2. The third-order valence-electron chi connectivity index (χ3n) is 4.16. The van der Waals surface area contributed by atoms with Crippen LogP contribution >= 0.6 is 0 Å². The van der Waals surface area contributed by atoms with Crippen molar-refractivity contribution in [3.05, 3.63) is 34.9 Å². The number of morpholine rings is 1. The first-order chi connectivity index (χ1) is 9.65. The summed E-state index contributed by atoms with van der Waals surface area (Å²) in [5, 5.41) is 0. The molecule has 1 heterocycles. The summed E-state index contributed by atoms with van der Waals surface area (Å²) in [7, 11) is 0. The summed E-state index contributed by atoms with van der Waals surface area (Å²) in [4.78, 5) is 2.46. The molecule has 1 fully saturated rings. The van der Waals surface area contributed by atoms with Gasteiger partial charge in [-0.2, -0.15) is 0 Å². The van der Waals surface area contributed by atoms with Crippen LogP contribution in [-0.2, 0) is 4.74 Å². The number of hydrazine groups is 1. The van der Waals surface area contributed by atoms with Crippen LogP contribution in [0.3, 0.4) is 0 Å². The van der Waals surface area contributed by atoms with E-state index in [0.29, 0.717) is 0 Å². The lowest BCUT2D eigenvalue weighted by molar-refractivity contribution is -0.0471. The number of ether oxygens (including phenoxy) is 1. The minimum absolute atomic E-state index is 0.0500. The first kappa shape index (κ1) is 15.4. The Kier molecular flexibility index (Phi) is 5.54. The van der Waals surface area contributed by atoms with Gasteiger partial charge in [0.05, 0.1) is 18.8 Å². The first-order valence-electron chi connectivity index (χ1n) is 7.53. The Morgan fingerprint density at radius 1 is 1.40 bits per heavy atom. The van der Waals surface area contributed by atoms with Crippen LogP contribution < -0.4 is 11.3 Å². The third kappa shape index (κ3) is 3.58. The molecule has 0 saturated carbocycles. The second kappa shape index (κ2) is 7.18. The minimum atomic E-state index is 0.0500. The molecule has 2 rings (SSSR count). The molecule has 1 saturated heterocycles. The van der Waals surface area contributed by atoms with Crippen LogP contribution in [0.4, 0.5) is 0 Å². The monoisotopic (exact) mass is 277 g/mol. The van der Waals surface area contributed by atoms with Gasteiger partial charge in [-0.05, 0) is 43.5 Å². The quantitative estimate of drug-likeness (QED) is 0.638. The predicted octanol–water partition coefficient (Wildman–Crippen LogP) is 1.92. The molecule has 0 amide bonds. The predicted molar refractivity (Wildman–Crippen MR) is 82.5 cm³/mol. The summed E-state index contributed by atoms with van der Waals surface area (Å²) < 4.78 is 5.95. The summed E-state index contributed by atoms with van der Waals surface area (Å²) >= 11 is 0. The van der Waals surface area contributed by atoms with Crippen LogP contribution in [0.1, 0.15) is 36.1 Å². The number of rotatable bonds is 5. The first-order valence-corrected chi connectivity index (χ1v) is 7.53. The molecule has 0 spiro atoms. The van der Waals surface area contributed by atoms with E-state index in [1.165, 1.54) is 23.1 Å². The average Bonchev–Trinajstić information content (AvgIpc) is 2.44. The van der Waals surface area contributed by atoms with E-state index < -0.39 is 0 Å². The van der Waals surface area contributed by atoms with E-state index in [9.17, 15) is 0 Å². The van der Waals surface area contributed by atoms with Crippen molar-refractivity contribution >= 4 is 0 Å². The molecule has 0 bridgehead atoms. The number of nitrogens with zero attached hydrogens (tertiary/aromatic N) is 1. The zero-order valence-corrected chi connectivity index (χ0v) is 12.9. The molecule has 1 aliphatic heterocycles. The van der Waals surface area contributed by atoms with E-state index in [-0.39, 0.29) is 12.1 Å². The highest BCUT2D eigenvalue weighted by Gasteiger charge is 2.28. The Morgan fingerprint density at radius 3 is 2.85 bits per heavy atom. The van der Waals surface area contributed by atoms with E-state index in [0.717, 1.165) is 26.2 Å². The summed E-state index contributed by atoms with van der Waals surface area (Å²) in [6.07, 6.45) is 1.29. The molecule has 4 nitrogen and oxygen atoms in total. The highest BCUT2D eigenvalue weighted by Crippen LogP contribution is 2.23. The number of hydrogen-bond acceptors (Lipinski definition) is 4. The maximum atomic E-state index is 5.95. The van der Waals surface area contributed by atoms with Crippen LogP contribution in [0.25, 0.3) is 0 Å². The fourth-order valence-electron chi connectivity index (χ4n) is 2.83. The van der Waals surface area contributed by atoms with Crippen molar-refractivity contribution in [3.63, 3.8) is 0 Å². The summed E-state index contributed by atoms with van der Waals surface area (Å²) in [6.45, 7) is 10.4. The van der Waals surface area contributed by atoms with Gasteiger partial charge in [-0.25, -0.2) is 0 Å². The van der Waals surface area contributed by atoms with Crippen molar-refractivity contribution < 1.29 is 4.74 Å². The Morgan fingerprint density at radius 2 is 2.20 bits per heavy atom. The van der Waals surface area contributed by atoms with Gasteiger partial charge in [0.2, 0.25) is 0 Å². The molecular weight excluding hydrogens is 250 g/mol. The number of benzene rings is 1. The van der Waals surface area contributed by atoms with Gasteiger partial charge in [0.25, 0.3) is 0 Å². The molecule has 4 heteroatoms. The maximum absolute atomic E-state index is 5.95. The van der Waals surface area contributed by atoms with Crippen LogP contribution in [0, 0.1) is 13.8 Å². The van der Waals surface area contributed by atoms with Gasteiger partial charge in [0.15, 0.2) is 0 Å². The lowest BCUT2D eigenvalue weighted by Crippen LogP contribution is -2.49. The van der Waals surface area contributed by atoms with Crippen molar-refractivity contribution in [3.8, 4) is 0 Å². The lowest BCUT2D eigenvalue weighted by atomic mass is 9.97. The minimum Gasteiger partial charge on any atom is -0.374 e. The van der Waals surface area contributed by atoms with Gasteiger partial charge in [-0.1, -0.05) is 25.1 Å². The van der Waals surface area contributed by atoms with E-state index in [2.05, 4.69) is 49.3 Å². The van der Waals surface area contributed by atoms with Gasteiger partial charge in [0, 0.05) is 13.1 Å². The molecule has 0 aliphatic carbocycles. The summed E-state index contributed by atoms with van der Waals surface area (Å²) in [6, 6.07) is 6.56. The van der Waals surface area contributed by atoms with Crippen LogP contribution in [0.2, 0.25) is 0 Å². The highest BCUT2D eigenvalue weighted by molar-refractivity contribution is 5.32. The average molecular weight is 277 g/mol. The molecule has 0 radical (unpaired) electrons. The molecule has 0 aromatic heterocycles. The molecule has 2 unspecified atom stereocenters. The maximum Gasteiger partial charge on any atom is 0.0909 e. The molecule has 1 aromatic carbocycles. The highest BCUT2D eigenvalue weighted by atomic mass is 16.5. The number of nitrogens with one attached hydrogen (secondary N) is 1. The second-order valence-electron chi connectivity index (χ2n) is 5.70. The van der Waals surface area contributed by atoms with Gasteiger partial charge in [-0.3, -0.25) is 16.2 Å². The third-order valence-corrected chi connectivity index (χ3v) is 4.16. The molecule has 112 valence electrons. The molecular formula is C16H27N3O. The topological polar surface area (TPSA) is 50.5 Å². The molecule has 2 atom stereocenters. The molecule has 20 heavy (non-hydrogen) atoms. The second-order valence-corrected chi connectivity index (χ2v) is 5.70. The van der Waals surface area contributed by atoms with E-state index in [4.69, 9.17) is 10.6 Å². The van der Waals surface area contributed by atoms with Crippen molar-refractivity contribution in [1.82, 2.24) is 10.3 Å². The molecule has 3 N–H and O–H groups in total. The Balaban J connectivity index is 2.12. The zero-order valence-electron chi connectivity index (χ0n) is 12.9. The lowest BCUT2D eigenvalue weighted by Gasteiger charge is -2.37. The Labute approximate surface area is 122 Å². The van der Waals surface area contributed by atoms with Crippen molar-refractivity contribution in [2.24, 2.45) is 5.84 Å². The van der Waals surface area contributed by atoms with Crippen LogP contribution in [0.5, 0.6) is 0 Å². The molecule has 1 aromatic rings. The van der Waals surface area contributed by atoms with E-state index in [1.807, 2.05) is 0 Å². The van der Waals surface area contributed by atoms with Crippen molar-refractivity contribution in [1.29, 1.82) is 0 Å². The Hall–Kier alpha value is -0.940. The van der Waals surface area contributed by atoms with Crippen LogP contribution in [-0.4, -0.2) is 37.2 Å². The van der Waals surface area contributed by atoms with Gasteiger partial charge >= 0.3 is 0 Å². The van der Waals surface area contributed by atoms with E-state index in [1.54, 1.807) is 0 Å². The summed E-state index contributed by atoms with van der Waals surface area (Å²) in [5.41, 5.74) is 6.76. The van der Waals surface area contributed by atoms with Gasteiger partial charge in [0.1, 0.15) is 0 Å². The SMILES string of the molecule is CCCN1CCOC(C(NN)c2ccc(C)c(C)c2)C1. The fourth-order valence-corrected chi connectivity index (χ4v) is 2.83. The fraction of sp³-hybridized carbons (Fsp3) is 0.625. The zero-order chi connectivity index (χ0) is 14.5. The summed E-state index contributed by atoms with van der Waals surface area (Å²) in [5.74, 6) is 5.79. The number of hydrogen-bond donors (Lipinski definition) is 2. The largest absolute Gasteiger partial charge is 0.374 e. The standard InChI is InChI=1S/C16H27N3O/c1-4-7-19-8-9-20-15(11-19)16(18-17)14-6-5-12(2)13(3)10-14/h5-6,10,15-16,18H,4,7-9,11,17H2,1-3H3. The number of nitrogens with two attached hydrogens (primary N) is 1. The van der Waals surface area contributed by atoms with Crippen molar-refractivity contribution in [2.75, 3.05) is 26.2 Å². The molecule has 1 aliphatic rings. The van der Waals surface area contributed by atoms with Crippen molar-refractivity contribution in [2.45, 2.75) is 39.3 Å².